The molecule has 26 heavy (non-hydrogen) atoms. The molecule has 1 aliphatic rings. The van der Waals surface area contributed by atoms with Crippen molar-refractivity contribution in [3.05, 3.63) is 70.6 Å². The predicted molar refractivity (Wildman–Crippen MR) is 107 cm³/mol. The Balaban J connectivity index is 1.73. The SMILES string of the molecule is CCOc1ccc(C=C2SC(=S)N(NC(=O)c3ccccc3)C2=O)cc1. The van der Waals surface area contributed by atoms with E-state index in [2.05, 4.69) is 5.43 Å². The number of thioether (sulfide) groups is 1. The lowest BCUT2D eigenvalue weighted by Crippen LogP contribution is -2.44. The van der Waals surface area contributed by atoms with Gasteiger partial charge in [0, 0.05) is 5.56 Å². The number of carbonyl (C=O) groups excluding carboxylic acids is 2. The summed E-state index contributed by atoms with van der Waals surface area (Å²) in [4.78, 5) is 25.3. The van der Waals surface area contributed by atoms with Crippen molar-refractivity contribution in [3.8, 4) is 5.75 Å². The largest absolute Gasteiger partial charge is 0.494 e. The molecule has 0 saturated carbocycles. The second kappa shape index (κ2) is 8.16. The molecule has 1 heterocycles. The van der Waals surface area contributed by atoms with Crippen LogP contribution in [0.5, 0.6) is 5.75 Å². The van der Waals surface area contributed by atoms with Crippen LogP contribution in [0.2, 0.25) is 0 Å². The van der Waals surface area contributed by atoms with Gasteiger partial charge in [0.2, 0.25) is 0 Å². The first kappa shape index (κ1) is 18.2. The second-order valence-electron chi connectivity index (χ2n) is 5.33. The number of carbonyl (C=O) groups is 2. The number of hydrazine groups is 1. The van der Waals surface area contributed by atoms with E-state index < -0.39 is 0 Å². The molecule has 0 spiro atoms. The van der Waals surface area contributed by atoms with Gasteiger partial charge in [-0.25, -0.2) is 0 Å². The molecule has 0 bridgehead atoms. The Kier molecular flexibility index (Phi) is 5.70. The molecule has 1 saturated heterocycles. The van der Waals surface area contributed by atoms with E-state index in [1.54, 1.807) is 30.3 Å². The molecule has 0 unspecified atom stereocenters. The predicted octanol–water partition coefficient (Wildman–Crippen LogP) is 3.63. The van der Waals surface area contributed by atoms with Crippen molar-refractivity contribution in [3.63, 3.8) is 0 Å². The van der Waals surface area contributed by atoms with Crippen molar-refractivity contribution in [2.45, 2.75) is 6.92 Å². The van der Waals surface area contributed by atoms with Crippen LogP contribution >= 0.6 is 24.0 Å². The summed E-state index contributed by atoms with van der Waals surface area (Å²) < 4.78 is 5.69. The van der Waals surface area contributed by atoms with E-state index in [0.717, 1.165) is 28.1 Å². The summed E-state index contributed by atoms with van der Waals surface area (Å²) in [5, 5.41) is 1.11. The third kappa shape index (κ3) is 4.12. The van der Waals surface area contributed by atoms with E-state index in [4.69, 9.17) is 17.0 Å². The van der Waals surface area contributed by atoms with E-state index in [0.29, 0.717) is 17.1 Å². The van der Waals surface area contributed by atoms with Crippen molar-refractivity contribution in [2.75, 3.05) is 6.61 Å². The molecule has 1 N–H and O–H groups in total. The maximum atomic E-state index is 12.6. The molecular formula is C19H16N2O3S2. The van der Waals surface area contributed by atoms with Gasteiger partial charge < -0.3 is 4.74 Å². The molecule has 5 nitrogen and oxygen atoms in total. The highest BCUT2D eigenvalue weighted by Crippen LogP contribution is 2.31. The number of thiocarbonyl (C=S) groups is 1. The monoisotopic (exact) mass is 384 g/mol. The maximum absolute atomic E-state index is 12.6. The topological polar surface area (TPSA) is 58.6 Å². The Morgan fingerprint density at radius 2 is 1.88 bits per heavy atom. The standard InChI is InChI=1S/C19H16N2O3S2/c1-2-24-15-10-8-13(9-11-15)12-16-18(23)21(19(25)26-16)20-17(22)14-6-4-3-5-7-14/h3-12H,2H2,1H3,(H,20,22). The number of hydrogen-bond acceptors (Lipinski definition) is 5. The van der Waals surface area contributed by atoms with Crippen molar-refractivity contribution < 1.29 is 14.3 Å². The summed E-state index contributed by atoms with van der Waals surface area (Å²) >= 11 is 6.38. The van der Waals surface area contributed by atoms with E-state index in [-0.39, 0.29) is 16.1 Å². The van der Waals surface area contributed by atoms with Crippen LogP contribution in [0, 0.1) is 0 Å². The Morgan fingerprint density at radius 1 is 1.19 bits per heavy atom. The average molecular weight is 384 g/mol. The van der Waals surface area contributed by atoms with Gasteiger partial charge in [-0.15, -0.1) is 0 Å². The Bertz CT molecular complexity index is 864. The first-order chi connectivity index (χ1) is 12.6. The van der Waals surface area contributed by atoms with Gasteiger partial charge in [-0.05, 0) is 55.0 Å². The van der Waals surface area contributed by atoms with Gasteiger partial charge in [0.25, 0.3) is 11.8 Å². The van der Waals surface area contributed by atoms with Gasteiger partial charge >= 0.3 is 0 Å². The summed E-state index contributed by atoms with van der Waals surface area (Å²) in [7, 11) is 0. The summed E-state index contributed by atoms with van der Waals surface area (Å²) in [5.41, 5.74) is 3.86. The molecule has 0 aromatic heterocycles. The minimum Gasteiger partial charge on any atom is -0.494 e. The molecule has 3 rings (SSSR count). The molecule has 0 atom stereocenters. The van der Waals surface area contributed by atoms with Crippen LogP contribution < -0.4 is 10.2 Å². The van der Waals surface area contributed by atoms with Gasteiger partial charge in [0.1, 0.15) is 5.75 Å². The van der Waals surface area contributed by atoms with Crippen molar-refractivity contribution >= 4 is 46.2 Å². The summed E-state index contributed by atoms with van der Waals surface area (Å²) in [6.07, 6.45) is 1.74. The molecule has 2 aromatic carbocycles. The Hall–Kier alpha value is -2.64. The third-order valence-corrected chi connectivity index (χ3v) is 4.83. The Morgan fingerprint density at radius 3 is 2.54 bits per heavy atom. The molecular weight excluding hydrogens is 368 g/mol. The van der Waals surface area contributed by atoms with E-state index >= 15 is 0 Å². The lowest BCUT2D eigenvalue weighted by atomic mass is 10.2. The van der Waals surface area contributed by atoms with E-state index in [9.17, 15) is 9.59 Å². The fourth-order valence-electron chi connectivity index (χ4n) is 2.30. The number of amides is 2. The van der Waals surface area contributed by atoms with E-state index in [1.165, 1.54) is 0 Å². The van der Waals surface area contributed by atoms with Crippen LogP contribution in [0.25, 0.3) is 6.08 Å². The molecule has 0 radical (unpaired) electrons. The number of ether oxygens (including phenoxy) is 1. The van der Waals surface area contributed by atoms with Gasteiger partial charge in [-0.2, -0.15) is 5.01 Å². The number of hydrogen-bond donors (Lipinski definition) is 1. The highest BCUT2D eigenvalue weighted by Gasteiger charge is 2.33. The highest BCUT2D eigenvalue weighted by atomic mass is 32.2. The quantitative estimate of drug-likeness (QED) is 0.630. The molecule has 0 aliphatic carbocycles. The van der Waals surface area contributed by atoms with Gasteiger partial charge in [-0.1, -0.05) is 42.1 Å². The molecule has 7 heteroatoms. The van der Waals surface area contributed by atoms with Gasteiger partial charge in [0.15, 0.2) is 4.32 Å². The number of nitrogens with zero attached hydrogens (tertiary/aromatic N) is 1. The van der Waals surface area contributed by atoms with Crippen LogP contribution in [0.4, 0.5) is 0 Å². The number of nitrogens with one attached hydrogen (secondary N) is 1. The summed E-state index contributed by atoms with van der Waals surface area (Å²) in [6, 6.07) is 16.1. The zero-order chi connectivity index (χ0) is 18.5. The first-order valence-electron chi connectivity index (χ1n) is 7.95. The van der Waals surface area contributed by atoms with Crippen molar-refractivity contribution in [1.82, 2.24) is 10.4 Å². The molecule has 1 aliphatic heterocycles. The van der Waals surface area contributed by atoms with Gasteiger partial charge in [-0.3, -0.25) is 15.0 Å². The first-order valence-corrected chi connectivity index (χ1v) is 9.18. The van der Waals surface area contributed by atoms with Crippen molar-refractivity contribution in [1.29, 1.82) is 0 Å². The average Bonchev–Trinajstić information content (AvgIpc) is 2.91. The highest BCUT2D eigenvalue weighted by molar-refractivity contribution is 8.26. The maximum Gasteiger partial charge on any atom is 0.285 e. The van der Waals surface area contributed by atoms with Crippen LogP contribution in [0.1, 0.15) is 22.8 Å². The van der Waals surface area contributed by atoms with Crippen LogP contribution in [-0.4, -0.2) is 27.8 Å². The fourth-order valence-corrected chi connectivity index (χ4v) is 3.48. The molecule has 132 valence electrons. The minimum atomic E-state index is -0.385. The van der Waals surface area contributed by atoms with Crippen LogP contribution in [0.3, 0.4) is 0 Å². The smallest absolute Gasteiger partial charge is 0.285 e. The second-order valence-corrected chi connectivity index (χ2v) is 7.00. The Labute approximate surface area is 161 Å². The molecule has 2 amide bonds. The molecule has 1 fully saturated rings. The third-order valence-electron chi connectivity index (χ3n) is 3.53. The summed E-state index contributed by atoms with van der Waals surface area (Å²) in [6.45, 7) is 2.52. The lowest BCUT2D eigenvalue weighted by molar-refractivity contribution is -0.123. The normalized spacial score (nSPS) is 15.4. The van der Waals surface area contributed by atoms with Crippen LogP contribution in [-0.2, 0) is 4.79 Å². The van der Waals surface area contributed by atoms with Crippen LogP contribution in [0.15, 0.2) is 59.5 Å². The van der Waals surface area contributed by atoms with Gasteiger partial charge in [0.05, 0.1) is 11.5 Å². The number of rotatable bonds is 5. The minimum absolute atomic E-state index is 0.288. The molecule has 2 aromatic rings. The summed E-state index contributed by atoms with van der Waals surface area (Å²) in [5.74, 6) is 0.0368. The lowest BCUT2D eigenvalue weighted by Gasteiger charge is -2.15. The zero-order valence-corrected chi connectivity index (χ0v) is 15.6. The zero-order valence-electron chi connectivity index (χ0n) is 14.0. The fraction of sp³-hybridized carbons (Fsp3) is 0.105. The van der Waals surface area contributed by atoms with Crippen molar-refractivity contribution in [2.24, 2.45) is 0 Å². The number of benzene rings is 2. The van der Waals surface area contributed by atoms with E-state index in [1.807, 2.05) is 37.3 Å².